The SMILES string of the molecule is CCN(CC(=O)N(C)C)c1c(F)cc(CN)cc1F. The van der Waals surface area contributed by atoms with E-state index >= 15 is 0 Å². The molecule has 0 unspecified atom stereocenters. The van der Waals surface area contributed by atoms with Gasteiger partial charge in [-0.2, -0.15) is 0 Å². The van der Waals surface area contributed by atoms with Crippen molar-refractivity contribution < 1.29 is 13.6 Å². The van der Waals surface area contributed by atoms with Gasteiger partial charge in [0.2, 0.25) is 5.91 Å². The Kier molecular flexibility index (Phi) is 5.23. The molecule has 106 valence electrons. The number of benzene rings is 1. The molecule has 19 heavy (non-hydrogen) atoms. The zero-order chi connectivity index (χ0) is 14.6. The van der Waals surface area contributed by atoms with Gasteiger partial charge in [0.05, 0.1) is 6.54 Å². The molecular formula is C13H19F2N3O. The highest BCUT2D eigenvalue weighted by atomic mass is 19.1. The Morgan fingerprint density at radius 2 is 1.79 bits per heavy atom. The van der Waals surface area contributed by atoms with E-state index in [0.717, 1.165) is 0 Å². The molecule has 1 rings (SSSR count). The van der Waals surface area contributed by atoms with Crippen molar-refractivity contribution in [3.05, 3.63) is 29.3 Å². The predicted molar refractivity (Wildman–Crippen MR) is 70.8 cm³/mol. The lowest BCUT2D eigenvalue weighted by atomic mass is 10.1. The third-order valence-electron chi connectivity index (χ3n) is 2.84. The molecule has 2 N–H and O–H groups in total. The molecule has 1 aromatic rings. The largest absolute Gasteiger partial charge is 0.358 e. The fourth-order valence-corrected chi connectivity index (χ4v) is 1.69. The van der Waals surface area contributed by atoms with Crippen LogP contribution < -0.4 is 10.6 Å². The normalized spacial score (nSPS) is 10.4. The highest BCUT2D eigenvalue weighted by Gasteiger charge is 2.19. The van der Waals surface area contributed by atoms with Crippen LogP contribution >= 0.6 is 0 Å². The van der Waals surface area contributed by atoms with Crippen molar-refractivity contribution in [2.75, 3.05) is 32.1 Å². The molecule has 0 saturated carbocycles. The van der Waals surface area contributed by atoms with Crippen molar-refractivity contribution in [3.8, 4) is 0 Å². The van der Waals surface area contributed by atoms with E-state index in [1.807, 2.05) is 0 Å². The Bertz CT molecular complexity index is 440. The van der Waals surface area contributed by atoms with Gasteiger partial charge >= 0.3 is 0 Å². The smallest absolute Gasteiger partial charge is 0.241 e. The van der Waals surface area contributed by atoms with Crippen LogP contribution in [0.15, 0.2) is 12.1 Å². The molecule has 0 bridgehead atoms. The van der Waals surface area contributed by atoms with Gasteiger partial charge < -0.3 is 15.5 Å². The van der Waals surface area contributed by atoms with Crippen molar-refractivity contribution in [1.82, 2.24) is 4.90 Å². The molecule has 0 spiro atoms. The van der Waals surface area contributed by atoms with Gasteiger partial charge in [0.25, 0.3) is 0 Å². The number of carbonyl (C=O) groups excluding carboxylic acids is 1. The summed E-state index contributed by atoms with van der Waals surface area (Å²) in [7, 11) is 3.20. The first-order valence-electron chi connectivity index (χ1n) is 6.03. The Labute approximate surface area is 111 Å². The molecule has 0 aromatic heterocycles. The number of halogens is 2. The van der Waals surface area contributed by atoms with Crippen molar-refractivity contribution in [2.45, 2.75) is 13.5 Å². The fourth-order valence-electron chi connectivity index (χ4n) is 1.69. The van der Waals surface area contributed by atoms with E-state index < -0.39 is 11.6 Å². The van der Waals surface area contributed by atoms with E-state index in [0.29, 0.717) is 12.1 Å². The lowest BCUT2D eigenvalue weighted by molar-refractivity contribution is -0.127. The number of amides is 1. The second kappa shape index (κ2) is 6.47. The monoisotopic (exact) mass is 271 g/mol. The lowest BCUT2D eigenvalue weighted by Crippen LogP contribution is -2.37. The summed E-state index contributed by atoms with van der Waals surface area (Å²) in [4.78, 5) is 14.4. The molecule has 0 aliphatic heterocycles. The molecule has 0 heterocycles. The second-order valence-corrected chi connectivity index (χ2v) is 4.41. The first-order valence-corrected chi connectivity index (χ1v) is 6.03. The van der Waals surface area contributed by atoms with Gasteiger partial charge in [-0.1, -0.05) is 0 Å². The van der Waals surface area contributed by atoms with Crippen LogP contribution in [-0.2, 0) is 11.3 Å². The summed E-state index contributed by atoms with van der Waals surface area (Å²) < 4.78 is 27.8. The summed E-state index contributed by atoms with van der Waals surface area (Å²) in [6.07, 6.45) is 0. The van der Waals surface area contributed by atoms with Gasteiger partial charge in [-0.25, -0.2) is 8.78 Å². The fraction of sp³-hybridized carbons (Fsp3) is 0.462. The van der Waals surface area contributed by atoms with Gasteiger partial charge in [0.15, 0.2) is 0 Å². The number of rotatable bonds is 5. The maximum atomic E-state index is 13.9. The van der Waals surface area contributed by atoms with Gasteiger partial charge in [-0.15, -0.1) is 0 Å². The number of carbonyl (C=O) groups is 1. The minimum Gasteiger partial charge on any atom is -0.358 e. The summed E-state index contributed by atoms with van der Waals surface area (Å²) in [6.45, 7) is 2.06. The van der Waals surface area contributed by atoms with E-state index in [4.69, 9.17) is 5.73 Å². The van der Waals surface area contributed by atoms with Crippen molar-refractivity contribution in [3.63, 3.8) is 0 Å². The Hall–Kier alpha value is -1.69. The van der Waals surface area contributed by atoms with Crippen LogP contribution in [0.2, 0.25) is 0 Å². The summed E-state index contributed by atoms with van der Waals surface area (Å²) in [5, 5.41) is 0. The Morgan fingerprint density at radius 3 is 2.16 bits per heavy atom. The van der Waals surface area contributed by atoms with E-state index in [-0.39, 0.29) is 24.7 Å². The zero-order valence-electron chi connectivity index (χ0n) is 11.4. The van der Waals surface area contributed by atoms with Crippen LogP contribution in [0.3, 0.4) is 0 Å². The maximum Gasteiger partial charge on any atom is 0.241 e. The zero-order valence-corrected chi connectivity index (χ0v) is 11.4. The van der Waals surface area contributed by atoms with Crippen LogP contribution in [0.1, 0.15) is 12.5 Å². The highest BCUT2D eigenvalue weighted by molar-refractivity contribution is 5.81. The molecule has 0 radical (unpaired) electrons. The van der Waals surface area contributed by atoms with Gasteiger partial charge in [0, 0.05) is 27.2 Å². The first kappa shape index (κ1) is 15.4. The molecular weight excluding hydrogens is 252 g/mol. The Morgan fingerprint density at radius 1 is 1.26 bits per heavy atom. The maximum absolute atomic E-state index is 13.9. The summed E-state index contributed by atoms with van der Waals surface area (Å²) in [6, 6.07) is 2.39. The van der Waals surface area contributed by atoms with E-state index in [1.54, 1.807) is 21.0 Å². The molecule has 0 aliphatic carbocycles. The second-order valence-electron chi connectivity index (χ2n) is 4.41. The topological polar surface area (TPSA) is 49.6 Å². The summed E-state index contributed by atoms with van der Waals surface area (Å²) in [5.74, 6) is -1.62. The van der Waals surface area contributed by atoms with E-state index in [9.17, 15) is 13.6 Å². The van der Waals surface area contributed by atoms with Gasteiger partial charge in [-0.05, 0) is 24.6 Å². The highest BCUT2D eigenvalue weighted by Crippen LogP contribution is 2.24. The minimum absolute atomic E-state index is 0.0663. The summed E-state index contributed by atoms with van der Waals surface area (Å²) in [5.41, 5.74) is 5.56. The van der Waals surface area contributed by atoms with E-state index in [2.05, 4.69) is 0 Å². The van der Waals surface area contributed by atoms with Gasteiger partial charge in [-0.3, -0.25) is 4.79 Å². The predicted octanol–water partition coefficient (Wildman–Crippen LogP) is 1.34. The number of hydrogen-bond acceptors (Lipinski definition) is 3. The van der Waals surface area contributed by atoms with E-state index in [1.165, 1.54) is 21.9 Å². The minimum atomic E-state index is -0.700. The summed E-state index contributed by atoms with van der Waals surface area (Å²) >= 11 is 0. The lowest BCUT2D eigenvalue weighted by Gasteiger charge is -2.25. The molecule has 0 aliphatic rings. The molecule has 4 nitrogen and oxygen atoms in total. The molecule has 0 saturated heterocycles. The molecule has 0 fully saturated rings. The molecule has 1 aromatic carbocycles. The first-order chi connectivity index (χ1) is 8.90. The van der Waals surface area contributed by atoms with Crippen LogP contribution in [0.4, 0.5) is 14.5 Å². The van der Waals surface area contributed by atoms with Crippen LogP contribution in [0, 0.1) is 11.6 Å². The molecule has 1 amide bonds. The number of hydrogen-bond donors (Lipinski definition) is 1. The van der Waals surface area contributed by atoms with Crippen LogP contribution in [0.25, 0.3) is 0 Å². The van der Waals surface area contributed by atoms with Crippen molar-refractivity contribution in [1.29, 1.82) is 0 Å². The molecule has 0 atom stereocenters. The molecule has 6 heteroatoms. The van der Waals surface area contributed by atoms with Gasteiger partial charge in [0.1, 0.15) is 17.3 Å². The van der Waals surface area contributed by atoms with Crippen LogP contribution in [0.5, 0.6) is 0 Å². The average Bonchev–Trinajstić information content (AvgIpc) is 2.35. The number of anilines is 1. The number of nitrogens with zero attached hydrogens (tertiary/aromatic N) is 2. The Balaban J connectivity index is 3.08. The third kappa shape index (κ3) is 3.64. The van der Waals surface area contributed by atoms with Crippen LogP contribution in [-0.4, -0.2) is 38.0 Å². The number of nitrogens with two attached hydrogens (primary N) is 1. The number of likely N-dealkylation sites (N-methyl/N-ethyl adjacent to an activating group) is 2. The van der Waals surface area contributed by atoms with Crippen molar-refractivity contribution >= 4 is 11.6 Å². The quantitative estimate of drug-likeness (QED) is 0.879. The van der Waals surface area contributed by atoms with Crippen molar-refractivity contribution in [2.24, 2.45) is 5.73 Å². The standard InChI is InChI=1S/C13H19F2N3O/c1-4-18(8-12(19)17(2)3)13-10(14)5-9(7-16)6-11(13)15/h5-6H,4,7-8,16H2,1-3H3. The third-order valence-corrected chi connectivity index (χ3v) is 2.84. The average molecular weight is 271 g/mol.